The van der Waals surface area contributed by atoms with Gasteiger partial charge >= 0.3 is 0 Å². The highest BCUT2D eigenvalue weighted by Gasteiger charge is 1.98. The molecule has 96 valence electrons. The Hall–Kier alpha value is -0.690. The zero-order valence-electron chi connectivity index (χ0n) is 9.83. The first-order chi connectivity index (χ1) is 7.81. The van der Waals surface area contributed by atoms with Gasteiger partial charge in [-0.1, -0.05) is 0 Å². The van der Waals surface area contributed by atoms with E-state index in [2.05, 4.69) is 10.6 Å². The summed E-state index contributed by atoms with van der Waals surface area (Å²) in [6.45, 7) is 3.35. The van der Waals surface area contributed by atoms with Gasteiger partial charge in [0.1, 0.15) is 0 Å². The maximum atomic E-state index is 11.2. The Labute approximate surface area is 96.3 Å². The Morgan fingerprint density at radius 1 is 1.19 bits per heavy atom. The summed E-state index contributed by atoms with van der Waals surface area (Å²) < 4.78 is 9.85. The van der Waals surface area contributed by atoms with Crippen LogP contribution in [0.3, 0.4) is 0 Å². The molecule has 6 nitrogen and oxygen atoms in total. The molecule has 0 aromatic rings. The van der Waals surface area contributed by atoms with E-state index < -0.39 is 0 Å². The molecular formula is C10H22N2O4. The first-order valence-electron chi connectivity index (χ1n) is 5.46. The number of ether oxygens (including phenoxy) is 2. The summed E-state index contributed by atoms with van der Waals surface area (Å²) in [7, 11) is 1.60. The third-order valence-corrected chi connectivity index (χ3v) is 1.82. The van der Waals surface area contributed by atoms with Crippen molar-refractivity contribution in [3.05, 3.63) is 0 Å². The third kappa shape index (κ3) is 11.4. The van der Waals surface area contributed by atoms with Gasteiger partial charge in [-0.05, 0) is 0 Å². The highest BCUT2D eigenvalue weighted by molar-refractivity contribution is 5.75. The molecule has 0 atom stereocenters. The van der Waals surface area contributed by atoms with Crippen LogP contribution in [-0.4, -0.2) is 64.2 Å². The second-order valence-corrected chi connectivity index (χ2v) is 3.18. The molecule has 0 aliphatic carbocycles. The smallest absolute Gasteiger partial charge is 0.221 e. The third-order valence-electron chi connectivity index (χ3n) is 1.82. The molecule has 0 aromatic carbocycles. The van der Waals surface area contributed by atoms with Crippen LogP contribution in [0.15, 0.2) is 0 Å². The normalized spacial score (nSPS) is 10.4. The minimum atomic E-state index is 0.0147. The summed E-state index contributed by atoms with van der Waals surface area (Å²) in [5, 5.41) is 14.2. The second kappa shape index (κ2) is 12.4. The van der Waals surface area contributed by atoms with Crippen molar-refractivity contribution < 1.29 is 19.4 Å². The molecule has 0 saturated carbocycles. The minimum absolute atomic E-state index is 0.0147. The van der Waals surface area contributed by atoms with Gasteiger partial charge in [-0.3, -0.25) is 4.79 Å². The molecular weight excluding hydrogens is 212 g/mol. The predicted octanol–water partition coefficient (Wildman–Crippen LogP) is -1.26. The summed E-state index contributed by atoms with van der Waals surface area (Å²) in [4.78, 5) is 11.2. The second-order valence-electron chi connectivity index (χ2n) is 3.18. The number of carbonyl (C=O) groups is 1. The van der Waals surface area contributed by atoms with Crippen LogP contribution < -0.4 is 10.6 Å². The van der Waals surface area contributed by atoms with Crippen LogP contribution in [0, 0.1) is 0 Å². The van der Waals surface area contributed by atoms with Gasteiger partial charge in [-0.25, -0.2) is 0 Å². The van der Waals surface area contributed by atoms with Gasteiger partial charge in [-0.15, -0.1) is 0 Å². The summed E-state index contributed by atoms with van der Waals surface area (Å²) in [6, 6.07) is 0. The van der Waals surface area contributed by atoms with E-state index in [0.29, 0.717) is 45.9 Å². The standard InChI is InChI=1S/C10H22N2O4/c1-15-7-5-12-10(14)2-3-11-4-8-16-9-6-13/h11,13H,2-9H2,1H3,(H,12,14). The molecule has 0 radical (unpaired) electrons. The molecule has 0 aliphatic heterocycles. The topological polar surface area (TPSA) is 79.8 Å². The van der Waals surface area contributed by atoms with E-state index in [-0.39, 0.29) is 12.5 Å². The number of aliphatic hydroxyl groups excluding tert-OH is 1. The average Bonchev–Trinajstić information content (AvgIpc) is 2.28. The lowest BCUT2D eigenvalue weighted by Crippen LogP contribution is -2.31. The van der Waals surface area contributed by atoms with Crippen molar-refractivity contribution in [2.24, 2.45) is 0 Å². The van der Waals surface area contributed by atoms with E-state index in [1.54, 1.807) is 7.11 Å². The fourth-order valence-electron chi connectivity index (χ4n) is 1.02. The van der Waals surface area contributed by atoms with E-state index in [9.17, 15) is 4.79 Å². The number of hydrogen-bond donors (Lipinski definition) is 3. The molecule has 0 aliphatic rings. The lowest BCUT2D eigenvalue weighted by Gasteiger charge is -2.06. The van der Waals surface area contributed by atoms with Crippen LogP contribution in [0.2, 0.25) is 0 Å². The number of amides is 1. The van der Waals surface area contributed by atoms with Crippen LogP contribution in [-0.2, 0) is 14.3 Å². The van der Waals surface area contributed by atoms with Gasteiger partial charge in [0.2, 0.25) is 5.91 Å². The molecule has 0 rings (SSSR count). The first-order valence-corrected chi connectivity index (χ1v) is 5.46. The Bertz CT molecular complexity index is 167. The SMILES string of the molecule is COCCNC(=O)CCNCCOCCO. The van der Waals surface area contributed by atoms with Crippen LogP contribution in [0.1, 0.15) is 6.42 Å². The van der Waals surface area contributed by atoms with Crippen LogP contribution >= 0.6 is 0 Å². The van der Waals surface area contributed by atoms with Crippen molar-refractivity contribution in [2.45, 2.75) is 6.42 Å². The summed E-state index contributed by atoms with van der Waals surface area (Å²) >= 11 is 0. The van der Waals surface area contributed by atoms with Crippen molar-refractivity contribution in [1.29, 1.82) is 0 Å². The minimum Gasteiger partial charge on any atom is -0.394 e. The van der Waals surface area contributed by atoms with E-state index in [1.807, 2.05) is 0 Å². The Morgan fingerprint density at radius 3 is 2.69 bits per heavy atom. The summed E-state index contributed by atoms with van der Waals surface area (Å²) in [6.07, 6.45) is 0.448. The zero-order chi connectivity index (χ0) is 12.1. The number of hydrogen-bond acceptors (Lipinski definition) is 5. The molecule has 0 spiro atoms. The number of carbonyl (C=O) groups excluding carboxylic acids is 1. The molecule has 0 fully saturated rings. The first kappa shape index (κ1) is 15.3. The number of aliphatic hydroxyl groups is 1. The Morgan fingerprint density at radius 2 is 2.00 bits per heavy atom. The lowest BCUT2D eigenvalue weighted by atomic mass is 10.4. The van der Waals surface area contributed by atoms with Crippen molar-refractivity contribution in [2.75, 3.05) is 53.2 Å². The number of nitrogens with one attached hydrogen (secondary N) is 2. The summed E-state index contributed by atoms with van der Waals surface area (Å²) in [5.41, 5.74) is 0. The molecule has 3 N–H and O–H groups in total. The van der Waals surface area contributed by atoms with Crippen LogP contribution in [0.5, 0.6) is 0 Å². The van der Waals surface area contributed by atoms with Crippen molar-refractivity contribution in [3.8, 4) is 0 Å². The largest absolute Gasteiger partial charge is 0.394 e. The molecule has 0 bridgehead atoms. The number of methoxy groups -OCH3 is 1. The zero-order valence-corrected chi connectivity index (χ0v) is 9.83. The fraction of sp³-hybridized carbons (Fsp3) is 0.900. The van der Waals surface area contributed by atoms with Gasteiger partial charge in [-0.2, -0.15) is 0 Å². The maximum Gasteiger partial charge on any atom is 0.221 e. The van der Waals surface area contributed by atoms with Crippen LogP contribution in [0.25, 0.3) is 0 Å². The number of rotatable bonds is 11. The molecule has 0 unspecified atom stereocenters. The molecule has 6 heteroatoms. The fourth-order valence-corrected chi connectivity index (χ4v) is 1.02. The quantitative estimate of drug-likeness (QED) is 0.389. The summed E-state index contributed by atoms with van der Waals surface area (Å²) in [5.74, 6) is 0.0147. The molecule has 0 heterocycles. The van der Waals surface area contributed by atoms with E-state index in [4.69, 9.17) is 14.6 Å². The van der Waals surface area contributed by atoms with E-state index in [1.165, 1.54) is 0 Å². The Kier molecular flexibility index (Phi) is 11.8. The predicted molar refractivity (Wildman–Crippen MR) is 60.3 cm³/mol. The van der Waals surface area contributed by atoms with E-state index in [0.717, 1.165) is 0 Å². The van der Waals surface area contributed by atoms with Crippen LogP contribution in [0.4, 0.5) is 0 Å². The lowest BCUT2D eigenvalue weighted by molar-refractivity contribution is -0.121. The maximum absolute atomic E-state index is 11.2. The van der Waals surface area contributed by atoms with Crippen molar-refractivity contribution in [3.63, 3.8) is 0 Å². The molecule has 16 heavy (non-hydrogen) atoms. The molecule has 1 amide bonds. The van der Waals surface area contributed by atoms with Gasteiger partial charge in [0, 0.05) is 33.2 Å². The average molecular weight is 234 g/mol. The highest BCUT2D eigenvalue weighted by Crippen LogP contribution is 1.78. The van der Waals surface area contributed by atoms with Gasteiger partial charge in [0.05, 0.1) is 26.4 Å². The van der Waals surface area contributed by atoms with Gasteiger partial charge in [0.25, 0.3) is 0 Å². The van der Waals surface area contributed by atoms with Gasteiger partial charge in [0.15, 0.2) is 0 Å². The molecule has 0 aromatic heterocycles. The van der Waals surface area contributed by atoms with Gasteiger partial charge < -0.3 is 25.2 Å². The Balaban J connectivity index is 3.09. The monoisotopic (exact) mass is 234 g/mol. The van der Waals surface area contributed by atoms with E-state index >= 15 is 0 Å². The van der Waals surface area contributed by atoms with Crippen molar-refractivity contribution in [1.82, 2.24) is 10.6 Å². The highest BCUT2D eigenvalue weighted by atomic mass is 16.5. The molecule has 0 saturated heterocycles. The van der Waals surface area contributed by atoms with Crippen molar-refractivity contribution >= 4 is 5.91 Å².